The Morgan fingerprint density at radius 2 is 2.00 bits per heavy atom. The van der Waals surface area contributed by atoms with Crippen LogP contribution in [0, 0.1) is 22.6 Å². The molecular formula is C19H21FN2O3S2. The molecule has 0 unspecified atom stereocenters. The highest BCUT2D eigenvalue weighted by Gasteiger charge is 2.65. The third-order valence-electron chi connectivity index (χ3n) is 6.46. The normalized spacial score (nSPS) is 26.5. The van der Waals surface area contributed by atoms with Crippen molar-refractivity contribution in [2.45, 2.75) is 33.1 Å². The van der Waals surface area contributed by atoms with Crippen LogP contribution in [0.25, 0.3) is 11.3 Å². The first-order valence-corrected chi connectivity index (χ1v) is 11.4. The highest BCUT2D eigenvalue weighted by atomic mass is 32.2. The number of carbonyl (C=O) groups excluding carboxylic acids is 1. The molecule has 0 aliphatic heterocycles. The Kier molecular flexibility index (Phi) is 4.19. The van der Waals surface area contributed by atoms with Gasteiger partial charge in [-0.15, -0.1) is 11.3 Å². The van der Waals surface area contributed by atoms with E-state index in [0.29, 0.717) is 24.1 Å². The van der Waals surface area contributed by atoms with Gasteiger partial charge in [0.2, 0.25) is 10.0 Å². The Balaban J connectivity index is 1.54. The van der Waals surface area contributed by atoms with Crippen molar-refractivity contribution in [2.75, 3.05) is 10.5 Å². The molecule has 5 nitrogen and oxygen atoms in total. The van der Waals surface area contributed by atoms with E-state index < -0.39 is 15.4 Å². The molecule has 2 atom stereocenters. The molecule has 2 aliphatic rings. The fraction of sp³-hybridized carbons (Fsp3) is 0.474. The number of anilines is 1. The molecule has 0 spiro atoms. The van der Waals surface area contributed by atoms with Crippen LogP contribution in [0.2, 0.25) is 0 Å². The van der Waals surface area contributed by atoms with Crippen molar-refractivity contribution in [3.8, 4) is 11.3 Å². The number of Topliss-reactive ketones (excluding diaryl/α,β-unsaturated/α-hetero) is 1. The SMILES string of the molecule is CC1(C)[C@H]2CC[C@]1(CS(=O)(=O)Nc1nc(-c3ccc(F)cc3)cs1)C(=O)C2. The van der Waals surface area contributed by atoms with Crippen LogP contribution < -0.4 is 4.72 Å². The molecule has 0 amide bonds. The van der Waals surface area contributed by atoms with Crippen molar-refractivity contribution in [1.82, 2.24) is 4.98 Å². The average Bonchev–Trinajstić information content (AvgIpc) is 3.17. The number of nitrogens with one attached hydrogen (secondary N) is 1. The van der Waals surface area contributed by atoms with Gasteiger partial charge in [0, 0.05) is 17.4 Å². The molecule has 0 saturated heterocycles. The van der Waals surface area contributed by atoms with Crippen LogP contribution in [0.15, 0.2) is 29.6 Å². The van der Waals surface area contributed by atoms with E-state index in [1.54, 1.807) is 17.5 Å². The van der Waals surface area contributed by atoms with E-state index in [2.05, 4.69) is 9.71 Å². The van der Waals surface area contributed by atoms with Crippen molar-refractivity contribution in [1.29, 1.82) is 0 Å². The Bertz CT molecular complexity index is 998. The lowest BCUT2D eigenvalue weighted by Gasteiger charge is -2.36. The van der Waals surface area contributed by atoms with Gasteiger partial charge in [0.1, 0.15) is 11.6 Å². The standard InChI is InChI=1S/C19H21FN2O3S2/c1-18(2)13-7-8-19(18,16(23)9-13)11-27(24,25)22-17-21-15(10-26-17)12-3-5-14(20)6-4-12/h3-6,10,13H,7-9,11H2,1-2H3,(H,21,22)/t13-,19-/m0/s1. The second-order valence-corrected chi connectivity index (χ2v) is 10.7. The molecule has 2 fully saturated rings. The number of thiazole rings is 1. The van der Waals surface area contributed by atoms with Gasteiger partial charge >= 0.3 is 0 Å². The second kappa shape index (κ2) is 6.10. The summed E-state index contributed by atoms with van der Waals surface area (Å²) < 4.78 is 41.2. The van der Waals surface area contributed by atoms with Crippen LogP contribution >= 0.6 is 11.3 Å². The zero-order valence-electron chi connectivity index (χ0n) is 15.2. The van der Waals surface area contributed by atoms with Gasteiger partial charge in [-0.25, -0.2) is 17.8 Å². The smallest absolute Gasteiger partial charge is 0.235 e. The van der Waals surface area contributed by atoms with Crippen molar-refractivity contribution >= 4 is 32.3 Å². The number of fused-ring (bicyclic) bond motifs is 2. The Morgan fingerprint density at radius 1 is 1.30 bits per heavy atom. The number of rotatable bonds is 5. The first-order valence-electron chi connectivity index (χ1n) is 8.88. The molecule has 2 saturated carbocycles. The van der Waals surface area contributed by atoms with Crippen molar-refractivity contribution in [2.24, 2.45) is 16.7 Å². The van der Waals surface area contributed by atoms with Gasteiger partial charge in [-0.1, -0.05) is 13.8 Å². The number of ketones is 1. The van der Waals surface area contributed by atoms with E-state index in [9.17, 15) is 17.6 Å². The molecule has 0 radical (unpaired) electrons. The maximum atomic E-state index is 13.1. The molecule has 4 rings (SSSR count). The van der Waals surface area contributed by atoms with Gasteiger partial charge in [-0.3, -0.25) is 9.52 Å². The zero-order chi connectivity index (χ0) is 19.4. The molecule has 2 bridgehead atoms. The van der Waals surface area contributed by atoms with Crippen LogP contribution in [0.1, 0.15) is 33.1 Å². The maximum absolute atomic E-state index is 13.1. The quantitative estimate of drug-likeness (QED) is 0.809. The number of halogens is 1. The first kappa shape index (κ1) is 18.6. The molecule has 1 N–H and O–H groups in total. The summed E-state index contributed by atoms with van der Waals surface area (Å²) in [5.41, 5.74) is 0.179. The average molecular weight is 409 g/mol. The second-order valence-electron chi connectivity index (χ2n) is 8.07. The van der Waals surface area contributed by atoms with E-state index in [1.807, 2.05) is 13.8 Å². The highest BCUT2D eigenvalue weighted by molar-refractivity contribution is 7.92. The third-order valence-corrected chi connectivity index (χ3v) is 8.73. The van der Waals surface area contributed by atoms with Gasteiger partial charge in [-0.05, 0) is 48.4 Å². The monoisotopic (exact) mass is 408 g/mol. The number of aromatic nitrogens is 1. The molecule has 1 aromatic carbocycles. The van der Waals surface area contributed by atoms with E-state index in [1.165, 1.54) is 23.5 Å². The zero-order valence-corrected chi connectivity index (χ0v) is 16.8. The number of carbonyl (C=O) groups is 1. The fourth-order valence-electron chi connectivity index (χ4n) is 4.68. The maximum Gasteiger partial charge on any atom is 0.235 e. The van der Waals surface area contributed by atoms with Gasteiger partial charge in [0.05, 0.1) is 16.9 Å². The van der Waals surface area contributed by atoms with Crippen LogP contribution in [0.4, 0.5) is 9.52 Å². The Hall–Kier alpha value is -1.80. The van der Waals surface area contributed by atoms with Crippen LogP contribution in [0.3, 0.4) is 0 Å². The lowest BCUT2D eigenvalue weighted by molar-refractivity contribution is -0.128. The number of sulfonamides is 1. The van der Waals surface area contributed by atoms with Crippen LogP contribution in [-0.4, -0.2) is 24.9 Å². The third kappa shape index (κ3) is 2.99. The number of hydrogen-bond donors (Lipinski definition) is 1. The fourth-order valence-corrected chi connectivity index (χ4v) is 7.52. The molecule has 144 valence electrons. The highest BCUT2D eigenvalue weighted by Crippen LogP contribution is 2.64. The summed E-state index contributed by atoms with van der Waals surface area (Å²) in [7, 11) is -3.72. The van der Waals surface area contributed by atoms with Crippen molar-refractivity contribution < 1.29 is 17.6 Å². The molecule has 1 heterocycles. The predicted octanol–water partition coefficient (Wildman–Crippen LogP) is 4.09. The van der Waals surface area contributed by atoms with E-state index in [0.717, 1.165) is 6.42 Å². The van der Waals surface area contributed by atoms with E-state index >= 15 is 0 Å². The Morgan fingerprint density at radius 3 is 2.59 bits per heavy atom. The lowest BCUT2D eigenvalue weighted by Crippen LogP contribution is -2.43. The summed E-state index contributed by atoms with van der Waals surface area (Å²) in [6.07, 6.45) is 2.01. The summed E-state index contributed by atoms with van der Waals surface area (Å²) in [4.78, 5) is 16.9. The number of nitrogens with zero attached hydrogens (tertiary/aromatic N) is 1. The molecule has 8 heteroatoms. The molecular weight excluding hydrogens is 387 g/mol. The first-order chi connectivity index (χ1) is 12.6. The molecule has 2 aliphatic carbocycles. The largest absolute Gasteiger partial charge is 0.299 e. The minimum Gasteiger partial charge on any atom is -0.299 e. The van der Waals surface area contributed by atoms with E-state index in [-0.39, 0.29) is 33.8 Å². The summed E-state index contributed by atoms with van der Waals surface area (Å²) in [6, 6.07) is 5.87. The number of hydrogen-bond acceptors (Lipinski definition) is 5. The van der Waals surface area contributed by atoms with Crippen molar-refractivity contribution in [3.63, 3.8) is 0 Å². The number of benzene rings is 1. The molecule has 2 aromatic rings. The summed E-state index contributed by atoms with van der Waals surface area (Å²) >= 11 is 1.17. The summed E-state index contributed by atoms with van der Waals surface area (Å²) in [6.45, 7) is 4.03. The molecule has 1 aromatic heterocycles. The van der Waals surface area contributed by atoms with Gasteiger partial charge in [0.25, 0.3) is 0 Å². The van der Waals surface area contributed by atoms with E-state index in [4.69, 9.17) is 0 Å². The van der Waals surface area contributed by atoms with Gasteiger partial charge < -0.3 is 0 Å². The van der Waals surface area contributed by atoms with Crippen molar-refractivity contribution in [3.05, 3.63) is 35.5 Å². The van der Waals surface area contributed by atoms with Crippen LogP contribution in [-0.2, 0) is 14.8 Å². The summed E-state index contributed by atoms with van der Waals surface area (Å²) in [5, 5.41) is 1.98. The van der Waals surface area contributed by atoms with Gasteiger partial charge in [0.15, 0.2) is 5.13 Å². The van der Waals surface area contributed by atoms with Gasteiger partial charge in [-0.2, -0.15) is 0 Å². The lowest BCUT2D eigenvalue weighted by atomic mass is 9.70. The van der Waals surface area contributed by atoms with Crippen LogP contribution in [0.5, 0.6) is 0 Å². The minimum absolute atomic E-state index is 0.0697. The topological polar surface area (TPSA) is 76.1 Å². The Labute approximate surface area is 162 Å². The predicted molar refractivity (Wildman–Crippen MR) is 103 cm³/mol. The minimum atomic E-state index is -3.72. The molecule has 27 heavy (non-hydrogen) atoms. The summed E-state index contributed by atoms with van der Waals surface area (Å²) in [5.74, 6) is -0.202.